The van der Waals surface area contributed by atoms with Gasteiger partial charge in [0.1, 0.15) is 0 Å². The van der Waals surface area contributed by atoms with Gasteiger partial charge in [0.15, 0.2) is 13.8 Å². The highest BCUT2D eigenvalue weighted by Gasteiger charge is 2.10. The van der Waals surface area contributed by atoms with Crippen molar-refractivity contribution in [2.24, 2.45) is 0 Å². The molecule has 146 valence electrons. The molecule has 6 nitrogen and oxygen atoms in total. The normalized spacial score (nSPS) is 10.6. The zero-order chi connectivity index (χ0) is 19.8. The number of thiocarbonyl (C=S) groups is 1. The van der Waals surface area contributed by atoms with Gasteiger partial charge in [-0.3, -0.25) is 15.6 Å². The first-order valence-corrected chi connectivity index (χ1v) is 11.7. The number of benzene rings is 2. The maximum atomic E-state index is 11.8. The van der Waals surface area contributed by atoms with E-state index in [4.69, 9.17) is 12.2 Å². The fourth-order valence-corrected chi connectivity index (χ4v) is 5.39. The standard InChI is InChI=1S/C18H19N5OS4/c1-2-19-16(25)21-20-15(24)11-27-18-23-22-17(28-18)26-10-13-8-5-7-12-6-3-4-9-14(12)13/h3-9H,2,10-11H2,1H3,(H,20,24)(H2,19,21,25). The molecule has 3 aromatic rings. The summed E-state index contributed by atoms with van der Waals surface area (Å²) < 4.78 is 1.66. The molecule has 1 heterocycles. The highest BCUT2D eigenvalue weighted by atomic mass is 32.2. The molecule has 0 radical (unpaired) electrons. The van der Waals surface area contributed by atoms with Crippen LogP contribution in [0.3, 0.4) is 0 Å². The molecule has 0 aliphatic rings. The summed E-state index contributed by atoms with van der Waals surface area (Å²) in [7, 11) is 0. The lowest BCUT2D eigenvalue weighted by Crippen LogP contribution is -2.47. The van der Waals surface area contributed by atoms with Crippen LogP contribution < -0.4 is 16.2 Å². The quantitative estimate of drug-likeness (QED) is 0.287. The third-order valence-electron chi connectivity index (χ3n) is 3.60. The zero-order valence-corrected chi connectivity index (χ0v) is 18.4. The Kier molecular flexibility index (Phi) is 7.90. The smallest absolute Gasteiger partial charge is 0.248 e. The number of carbonyl (C=O) groups is 1. The Morgan fingerprint density at radius 1 is 1.07 bits per heavy atom. The van der Waals surface area contributed by atoms with Crippen LogP contribution in [0.25, 0.3) is 10.8 Å². The van der Waals surface area contributed by atoms with Gasteiger partial charge in [-0.25, -0.2) is 0 Å². The van der Waals surface area contributed by atoms with Crippen LogP contribution in [0.2, 0.25) is 0 Å². The largest absolute Gasteiger partial charge is 0.362 e. The molecular weight excluding hydrogens is 431 g/mol. The number of amides is 1. The van der Waals surface area contributed by atoms with Crippen molar-refractivity contribution < 1.29 is 4.79 Å². The lowest BCUT2D eigenvalue weighted by atomic mass is 10.1. The van der Waals surface area contributed by atoms with Gasteiger partial charge in [0, 0.05) is 12.3 Å². The molecule has 2 aromatic carbocycles. The van der Waals surface area contributed by atoms with Crippen LogP contribution in [0.4, 0.5) is 0 Å². The van der Waals surface area contributed by atoms with Crippen LogP contribution in [-0.2, 0) is 10.5 Å². The van der Waals surface area contributed by atoms with E-state index in [2.05, 4.69) is 62.8 Å². The van der Waals surface area contributed by atoms with Crippen molar-refractivity contribution in [1.82, 2.24) is 26.4 Å². The van der Waals surface area contributed by atoms with Crippen LogP contribution >= 0.6 is 47.1 Å². The Morgan fingerprint density at radius 2 is 1.82 bits per heavy atom. The summed E-state index contributed by atoms with van der Waals surface area (Å²) >= 11 is 9.49. The summed E-state index contributed by atoms with van der Waals surface area (Å²) in [6.07, 6.45) is 0. The summed E-state index contributed by atoms with van der Waals surface area (Å²) in [4.78, 5) is 11.8. The second-order valence-corrected chi connectivity index (χ2v) is 9.41. The number of hydrogen-bond donors (Lipinski definition) is 3. The second-order valence-electron chi connectivity index (χ2n) is 5.58. The fraction of sp³-hybridized carbons (Fsp3) is 0.222. The number of fused-ring (bicyclic) bond motifs is 1. The van der Waals surface area contributed by atoms with E-state index in [0.717, 1.165) is 14.4 Å². The second kappa shape index (κ2) is 10.6. The van der Waals surface area contributed by atoms with Crippen LogP contribution in [0, 0.1) is 0 Å². The Morgan fingerprint density at radius 3 is 2.64 bits per heavy atom. The van der Waals surface area contributed by atoms with Crippen LogP contribution in [0.5, 0.6) is 0 Å². The average molecular weight is 450 g/mol. The van der Waals surface area contributed by atoms with Crippen molar-refractivity contribution in [2.75, 3.05) is 12.3 Å². The van der Waals surface area contributed by atoms with Gasteiger partial charge >= 0.3 is 0 Å². The molecule has 0 unspecified atom stereocenters. The molecule has 0 saturated carbocycles. The number of thioether (sulfide) groups is 2. The highest BCUT2D eigenvalue weighted by Crippen LogP contribution is 2.32. The topological polar surface area (TPSA) is 78.9 Å². The van der Waals surface area contributed by atoms with E-state index < -0.39 is 0 Å². The van der Waals surface area contributed by atoms with Crippen LogP contribution in [-0.4, -0.2) is 33.5 Å². The predicted molar refractivity (Wildman–Crippen MR) is 122 cm³/mol. The van der Waals surface area contributed by atoms with E-state index in [0.29, 0.717) is 11.7 Å². The first-order chi connectivity index (χ1) is 13.7. The first-order valence-electron chi connectivity index (χ1n) is 8.54. The van der Waals surface area contributed by atoms with Crippen molar-refractivity contribution in [2.45, 2.75) is 21.4 Å². The van der Waals surface area contributed by atoms with Gasteiger partial charge in [0.2, 0.25) is 5.91 Å². The Labute approximate surface area is 181 Å². The lowest BCUT2D eigenvalue weighted by molar-refractivity contribution is -0.119. The van der Waals surface area contributed by atoms with Gasteiger partial charge in [0.05, 0.1) is 5.75 Å². The van der Waals surface area contributed by atoms with Gasteiger partial charge in [0.25, 0.3) is 0 Å². The Bertz CT molecular complexity index is 957. The van der Waals surface area contributed by atoms with Gasteiger partial charge in [-0.2, -0.15) is 0 Å². The summed E-state index contributed by atoms with van der Waals surface area (Å²) in [5.74, 6) is 0.891. The molecule has 0 atom stereocenters. The maximum absolute atomic E-state index is 11.8. The fourth-order valence-electron chi connectivity index (χ4n) is 2.37. The molecule has 3 rings (SSSR count). The van der Waals surface area contributed by atoms with E-state index in [9.17, 15) is 4.79 Å². The van der Waals surface area contributed by atoms with Crippen molar-refractivity contribution in [1.29, 1.82) is 0 Å². The molecule has 0 saturated heterocycles. The van der Waals surface area contributed by atoms with E-state index >= 15 is 0 Å². The zero-order valence-electron chi connectivity index (χ0n) is 15.1. The maximum Gasteiger partial charge on any atom is 0.248 e. The molecule has 1 amide bonds. The minimum atomic E-state index is -0.176. The van der Waals surface area contributed by atoms with E-state index in [1.807, 2.05) is 13.0 Å². The van der Waals surface area contributed by atoms with E-state index in [-0.39, 0.29) is 11.7 Å². The molecule has 28 heavy (non-hydrogen) atoms. The molecule has 1 aromatic heterocycles. The number of carbonyl (C=O) groups excluding carboxylic acids is 1. The average Bonchev–Trinajstić information content (AvgIpc) is 3.17. The minimum Gasteiger partial charge on any atom is -0.362 e. The number of hydrogen-bond acceptors (Lipinski definition) is 7. The summed E-state index contributed by atoms with van der Waals surface area (Å²) in [5.41, 5.74) is 6.47. The van der Waals surface area contributed by atoms with Crippen LogP contribution in [0.1, 0.15) is 12.5 Å². The molecule has 0 aliphatic carbocycles. The van der Waals surface area contributed by atoms with Crippen molar-refractivity contribution in [3.05, 3.63) is 48.0 Å². The van der Waals surface area contributed by atoms with Crippen molar-refractivity contribution in [3.8, 4) is 0 Å². The summed E-state index contributed by atoms with van der Waals surface area (Å²) in [6, 6.07) is 14.7. The number of nitrogens with zero attached hydrogens (tertiary/aromatic N) is 2. The number of nitrogens with one attached hydrogen (secondary N) is 3. The van der Waals surface area contributed by atoms with E-state index in [1.54, 1.807) is 11.8 Å². The van der Waals surface area contributed by atoms with Gasteiger partial charge in [-0.05, 0) is 35.5 Å². The van der Waals surface area contributed by atoms with Crippen molar-refractivity contribution in [3.63, 3.8) is 0 Å². The predicted octanol–water partition coefficient (Wildman–Crippen LogP) is 3.59. The highest BCUT2D eigenvalue weighted by molar-refractivity contribution is 8.03. The molecule has 3 N–H and O–H groups in total. The van der Waals surface area contributed by atoms with Gasteiger partial charge in [-0.1, -0.05) is 77.3 Å². The third-order valence-corrected chi connectivity index (χ3v) is 7.08. The molecule has 0 bridgehead atoms. The molecule has 0 spiro atoms. The van der Waals surface area contributed by atoms with Crippen LogP contribution in [0.15, 0.2) is 51.1 Å². The summed E-state index contributed by atoms with van der Waals surface area (Å²) in [5, 5.41) is 14.2. The monoisotopic (exact) mass is 449 g/mol. The molecule has 0 fully saturated rings. The lowest BCUT2D eigenvalue weighted by Gasteiger charge is -2.09. The minimum absolute atomic E-state index is 0.176. The van der Waals surface area contributed by atoms with E-state index in [1.165, 1.54) is 39.4 Å². The Balaban J connectivity index is 1.48. The SMILES string of the molecule is CCNC(=S)NNC(=O)CSc1nnc(SCc2cccc3ccccc23)s1. The first kappa shape index (κ1) is 20.8. The third kappa shape index (κ3) is 6.06. The van der Waals surface area contributed by atoms with Gasteiger partial charge < -0.3 is 5.32 Å². The Hall–Kier alpha value is -1.88. The number of rotatable bonds is 7. The van der Waals surface area contributed by atoms with Gasteiger partial charge in [-0.15, -0.1) is 10.2 Å². The molecule has 10 heteroatoms. The molecular formula is C18H19N5OS4. The molecule has 0 aliphatic heterocycles. The number of hydrazine groups is 1. The van der Waals surface area contributed by atoms with Crippen molar-refractivity contribution >= 4 is 68.9 Å². The number of aromatic nitrogens is 2. The summed E-state index contributed by atoms with van der Waals surface area (Å²) in [6.45, 7) is 2.62.